The average molecular weight is 229 g/mol. The largest absolute Gasteiger partial charge is 0.334 e. The van der Waals surface area contributed by atoms with Crippen LogP contribution in [0, 0.1) is 5.82 Å². The second-order valence-corrected chi connectivity index (χ2v) is 3.44. The van der Waals surface area contributed by atoms with Gasteiger partial charge < -0.3 is 4.57 Å². The van der Waals surface area contributed by atoms with E-state index in [2.05, 4.69) is 20.9 Å². The number of imidazole rings is 1. The summed E-state index contributed by atoms with van der Waals surface area (Å²) in [6, 6.07) is 3.51. The fourth-order valence-electron chi connectivity index (χ4n) is 1.14. The normalized spacial score (nSPS) is 10.9. The fraction of sp³-hybridized carbons (Fsp3) is 0.125. The van der Waals surface area contributed by atoms with Crippen LogP contribution < -0.4 is 0 Å². The molecule has 1 heterocycles. The lowest BCUT2D eigenvalue weighted by Gasteiger charge is -1.96. The van der Waals surface area contributed by atoms with Crippen LogP contribution in [0.4, 0.5) is 4.39 Å². The zero-order chi connectivity index (χ0) is 8.72. The highest BCUT2D eigenvalue weighted by molar-refractivity contribution is 9.10. The molecule has 62 valence electrons. The van der Waals surface area contributed by atoms with Crippen molar-refractivity contribution in [2.24, 2.45) is 7.05 Å². The SMILES string of the molecule is Cn1cnc2c(F)c(Br)ccc21. The summed E-state index contributed by atoms with van der Waals surface area (Å²) >= 11 is 3.10. The fourth-order valence-corrected chi connectivity index (χ4v) is 1.46. The molecule has 0 unspecified atom stereocenters. The molecule has 0 fully saturated rings. The first-order valence-corrected chi connectivity index (χ1v) is 4.24. The van der Waals surface area contributed by atoms with Crippen molar-refractivity contribution in [3.05, 3.63) is 28.7 Å². The van der Waals surface area contributed by atoms with Gasteiger partial charge in [-0.2, -0.15) is 0 Å². The van der Waals surface area contributed by atoms with Crippen molar-refractivity contribution in [3.63, 3.8) is 0 Å². The van der Waals surface area contributed by atoms with Gasteiger partial charge in [0.2, 0.25) is 0 Å². The molecule has 2 rings (SSSR count). The summed E-state index contributed by atoms with van der Waals surface area (Å²) < 4.78 is 15.5. The van der Waals surface area contributed by atoms with E-state index in [0.29, 0.717) is 9.99 Å². The summed E-state index contributed by atoms with van der Waals surface area (Å²) in [7, 11) is 1.84. The highest BCUT2D eigenvalue weighted by atomic mass is 79.9. The van der Waals surface area contributed by atoms with E-state index in [9.17, 15) is 4.39 Å². The molecule has 0 radical (unpaired) electrons. The van der Waals surface area contributed by atoms with Gasteiger partial charge in [0.1, 0.15) is 5.52 Å². The number of aromatic nitrogens is 2. The topological polar surface area (TPSA) is 17.8 Å². The van der Waals surface area contributed by atoms with Crippen molar-refractivity contribution >= 4 is 27.0 Å². The predicted octanol–water partition coefficient (Wildman–Crippen LogP) is 2.47. The molecule has 1 aromatic carbocycles. The molecule has 2 nitrogen and oxygen atoms in total. The Morgan fingerprint density at radius 1 is 1.50 bits per heavy atom. The Balaban J connectivity index is 2.93. The maximum Gasteiger partial charge on any atom is 0.165 e. The second kappa shape index (κ2) is 2.55. The van der Waals surface area contributed by atoms with Gasteiger partial charge in [-0.05, 0) is 28.1 Å². The quantitative estimate of drug-likeness (QED) is 0.678. The highest BCUT2D eigenvalue weighted by Crippen LogP contribution is 2.22. The Morgan fingerprint density at radius 2 is 2.25 bits per heavy atom. The predicted molar refractivity (Wildman–Crippen MR) is 48.4 cm³/mol. The standard InChI is InChI=1S/C8H6BrFN2/c1-12-4-11-8-6(12)3-2-5(9)7(8)10/h2-4H,1H3. The summed E-state index contributed by atoms with van der Waals surface area (Å²) in [5.41, 5.74) is 1.21. The van der Waals surface area contributed by atoms with E-state index < -0.39 is 0 Å². The van der Waals surface area contributed by atoms with E-state index in [1.807, 2.05) is 13.1 Å². The van der Waals surface area contributed by atoms with Crippen molar-refractivity contribution in [1.82, 2.24) is 9.55 Å². The molecule has 0 saturated carbocycles. The Morgan fingerprint density at radius 3 is 3.00 bits per heavy atom. The summed E-state index contributed by atoms with van der Waals surface area (Å²) in [5.74, 6) is -0.298. The molecule has 4 heteroatoms. The van der Waals surface area contributed by atoms with Gasteiger partial charge in [-0.1, -0.05) is 0 Å². The van der Waals surface area contributed by atoms with Crippen LogP contribution in [0.2, 0.25) is 0 Å². The van der Waals surface area contributed by atoms with Crippen LogP contribution in [0.3, 0.4) is 0 Å². The Kier molecular flexibility index (Phi) is 1.65. The maximum atomic E-state index is 13.3. The molecule has 0 atom stereocenters. The highest BCUT2D eigenvalue weighted by Gasteiger charge is 2.07. The third-order valence-electron chi connectivity index (χ3n) is 1.79. The first kappa shape index (κ1) is 7.73. The Bertz CT molecular complexity index is 436. The number of fused-ring (bicyclic) bond motifs is 1. The summed E-state index contributed by atoms with van der Waals surface area (Å²) in [6.07, 6.45) is 1.60. The minimum Gasteiger partial charge on any atom is -0.334 e. The molecule has 0 aliphatic heterocycles. The average Bonchev–Trinajstić information content (AvgIpc) is 2.41. The minimum absolute atomic E-state index is 0.298. The molecule has 12 heavy (non-hydrogen) atoms. The molecular weight excluding hydrogens is 223 g/mol. The summed E-state index contributed by atoms with van der Waals surface area (Å²) in [6.45, 7) is 0. The number of nitrogens with zero attached hydrogens (tertiary/aromatic N) is 2. The van der Waals surface area contributed by atoms with Crippen LogP contribution >= 0.6 is 15.9 Å². The smallest absolute Gasteiger partial charge is 0.165 e. The van der Waals surface area contributed by atoms with Crippen LogP contribution in [0.1, 0.15) is 0 Å². The molecule has 0 N–H and O–H groups in total. The molecule has 0 aliphatic carbocycles. The monoisotopic (exact) mass is 228 g/mol. The lowest BCUT2D eigenvalue weighted by Crippen LogP contribution is -1.85. The van der Waals surface area contributed by atoms with Gasteiger partial charge >= 0.3 is 0 Å². The van der Waals surface area contributed by atoms with Crippen molar-refractivity contribution in [2.75, 3.05) is 0 Å². The summed E-state index contributed by atoms with van der Waals surface area (Å²) in [4.78, 5) is 3.94. The molecule has 0 spiro atoms. The van der Waals surface area contributed by atoms with Crippen LogP contribution in [0.15, 0.2) is 22.9 Å². The third-order valence-corrected chi connectivity index (χ3v) is 2.40. The molecule has 0 saturated heterocycles. The van der Waals surface area contributed by atoms with E-state index in [1.165, 1.54) is 0 Å². The molecule has 1 aromatic heterocycles. The zero-order valence-electron chi connectivity index (χ0n) is 6.38. The second-order valence-electron chi connectivity index (χ2n) is 2.58. The maximum absolute atomic E-state index is 13.3. The number of halogens is 2. The van der Waals surface area contributed by atoms with E-state index in [1.54, 1.807) is 17.0 Å². The lowest BCUT2D eigenvalue weighted by atomic mass is 10.3. The number of rotatable bonds is 0. The van der Waals surface area contributed by atoms with Crippen LogP contribution in [-0.2, 0) is 7.05 Å². The van der Waals surface area contributed by atoms with Gasteiger partial charge in [0.25, 0.3) is 0 Å². The Labute approximate surface area is 77.1 Å². The first-order valence-electron chi connectivity index (χ1n) is 3.45. The first-order chi connectivity index (χ1) is 5.70. The minimum atomic E-state index is -0.298. The lowest BCUT2D eigenvalue weighted by molar-refractivity contribution is 0.631. The van der Waals surface area contributed by atoms with Crippen molar-refractivity contribution in [3.8, 4) is 0 Å². The van der Waals surface area contributed by atoms with Gasteiger partial charge in [0.05, 0.1) is 16.3 Å². The van der Waals surface area contributed by atoms with E-state index in [0.717, 1.165) is 5.52 Å². The third kappa shape index (κ3) is 0.948. The van der Waals surface area contributed by atoms with Gasteiger partial charge in [-0.15, -0.1) is 0 Å². The molecule has 0 amide bonds. The molecule has 0 bridgehead atoms. The van der Waals surface area contributed by atoms with Gasteiger partial charge in [-0.3, -0.25) is 0 Å². The number of hydrogen-bond acceptors (Lipinski definition) is 1. The van der Waals surface area contributed by atoms with Crippen molar-refractivity contribution < 1.29 is 4.39 Å². The van der Waals surface area contributed by atoms with Crippen LogP contribution in [0.5, 0.6) is 0 Å². The molecule has 2 aromatic rings. The van der Waals surface area contributed by atoms with Gasteiger partial charge in [0, 0.05) is 7.05 Å². The zero-order valence-corrected chi connectivity index (χ0v) is 7.97. The van der Waals surface area contributed by atoms with E-state index >= 15 is 0 Å². The van der Waals surface area contributed by atoms with Crippen molar-refractivity contribution in [1.29, 1.82) is 0 Å². The van der Waals surface area contributed by atoms with E-state index in [4.69, 9.17) is 0 Å². The van der Waals surface area contributed by atoms with Crippen LogP contribution in [0.25, 0.3) is 11.0 Å². The van der Waals surface area contributed by atoms with Gasteiger partial charge in [0.15, 0.2) is 5.82 Å². The Hall–Kier alpha value is -0.900. The van der Waals surface area contributed by atoms with Crippen LogP contribution in [-0.4, -0.2) is 9.55 Å². The molecular formula is C8H6BrFN2. The number of aryl methyl sites for hydroxylation is 1. The number of benzene rings is 1. The number of hydrogen-bond donors (Lipinski definition) is 0. The van der Waals surface area contributed by atoms with E-state index in [-0.39, 0.29) is 5.82 Å². The molecule has 0 aliphatic rings. The van der Waals surface area contributed by atoms with Crippen molar-refractivity contribution in [2.45, 2.75) is 0 Å². The van der Waals surface area contributed by atoms with Gasteiger partial charge in [-0.25, -0.2) is 9.37 Å². The summed E-state index contributed by atoms with van der Waals surface area (Å²) in [5, 5.41) is 0.